The number of carbonyl (C=O) groups is 2. The van der Waals surface area contributed by atoms with Crippen LogP contribution in [-0.2, 0) is 9.59 Å². The van der Waals surface area contributed by atoms with E-state index in [2.05, 4.69) is 24.1 Å². The molecule has 1 aliphatic heterocycles. The molecule has 29 heavy (non-hydrogen) atoms. The Morgan fingerprint density at radius 1 is 0.690 bits per heavy atom. The number of unbranched alkanes of at least 4 members (excludes halogenated alkanes) is 10. The van der Waals surface area contributed by atoms with Crippen molar-refractivity contribution < 1.29 is 9.59 Å². The summed E-state index contributed by atoms with van der Waals surface area (Å²) in [5.41, 5.74) is 0. The van der Waals surface area contributed by atoms with E-state index < -0.39 is 0 Å². The third-order valence-electron chi connectivity index (χ3n) is 5.98. The summed E-state index contributed by atoms with van der Waals surface area (Å²) in [7, 11) is 0. The Bertz CT molecular complexity index is 418. The predicted octanol–water partition coefficient (Wildman–Crippen LogP) is 4.75. The van der Waals surface area contributed by atoms with Crippen molar-refractivity contribution in [3.63, 3.8) is 0 Å². The number of carbonyl (C=O) groups excluding carboxylic acids is 2. The summed E-state index contributed by atoms with van der Waals surface area (Å²) in [4.78, 5) is 28.6. The lowest BCUT2D eigenvalue weighted by Gasteiger charge is -2.34. The second-order valence-corrected chi connectivity index (χ2v) is 8.61. The summed E-state index contributed by atoms with van der Waals surface area (Å²) >= 11 is 0. The van der Waals surface area contributed by atoms with Crippen LogP contribution in [0, 0.1) is 0 Å². The van der Waals surface area contributed by atoms with Crippen LogP contribution in [0.3, 0.4) is 0 Å². The maximum Gasteiger partial charge on any atom is 0.222 e. The molecule has 2 amide bonds. The van der Waals surface area contributed by atoms with Gasteiger partial charge in [0.25, 0.3) is 0 Å². The minimum atomic E-state index is 0.188. The highest BCUT2D eigenvalue weighted by Crippen LogP contribution is 2.10. The topological polar surface area (TPSA) is 52.7 Å². The first kappa shape index (κ1) is 25.9. The van der Waals surface area contributed by atoms with Crippen LogP contribution >= 0.6 is 0 Å². The summed E-state index contributed by atoms with van der Waals surface area (Å²) in [6.07, 6.45) is 16.0. The fraction of sp³-hybridized carbons (Fsp3) is 0.917. The smallest absolute Gasteiger partial charge is 0.222 e. The van der Waals surface area contributed by atoms with Gasteiger partial charge in [0, 0.05) is 52.1 Å². The quantitative estimate of drug-likeness (QED) is 0.353. The average molecular weight is 410 g/mol. The van der Waals surface area contributed by atoms with E-state index in [1.165, 1.54) is 64.2 Å². The van der Waals surface area contributed by atoms with Crippen LogP contribution < -0.4 is 5.32 Å². The van der Waals surface area contributed by atoms with Gasteiger partial charge in [-0.1, -0.05) is 78.1 Å². The van der Waals surface area contributed by atoms with Crippen LogP contribution in [-0.4, -0.2) is 60.9 Å². The zero-order chi connectivity index (χ0) is 21.2. The summed E-state index contributed by atoms with van der Waals surface area (Å²) in [6, 6.07) is 0. The number of hydrogen-bond donors (Lipinski definition) is 1. The van der Waals surface area contributed by atoms with E-state index in [1.54, 1.807) is 0 Å². The second kappa shape index (κ2) is 17.7. The molecule has 0 radical (unpaired) electrons. The summed E-state index contributed by atoms with van der Waals surface area (Å²) in [5, 5.41) is 3.05. The van der Waals surface area contributed by atoms with E-state index in [0.29, 0.717) is 18.7 Å². The molecule has 170 valence electrons. The molecule has 0 bridgehead atoms. The lowest BCUT2D eigenvalue weighted by molar-refractivity contribution is -0.133. The van der Waals surface area contributed by atoms with Gasteiger partial charge >= 0.3 is 0 Å². The molecule has 0 aromatic rings. The largest absolute Gasteiger partial charge is 0.355 e. The first-order chi connectivity index (χ1) is 14.2. The monoisotopic (exact) mass is 409 g/mol. The van der Waals surface area contributed by atoms with Gasteiger partial charge in [-0.25, -0.2) is 0 Å². The molecule has 0 saturated carbocycles. The molecule has 5 heteroatoms. The molecule has 0 unspecified atom stereocenters. The van der Waals surface area contributed by atoms with Gasteiger partial charge in [-0.15, -0.1) is 0 Å². The predicted molar refractivity (Wildman–Crippen MR) is 122 cm³/mol. The van der Waals surface area contributed by atoms with Gasteiger partial charge in [-0.05, 0) is 12.8 Å². The van der Waals surface area contributed by atoms with Gasteiger partial charge < -0.3 is 10.2 Å². The van der Waals surface area contributed by atoms with E-state index in [0.717, 1.165) is 52.1 Å². The Morgan fingerprint density at radius 3 is 1.79 bits per heavy atom. The Balaban J connectivity index is 1.99. The van der Waals surface area contributed by atoms with Crippen molar-refractivity contribution in [2.24, 2.45) is 0 Å². The van der Waals surface area contributed by atoms with Crippen molar-refractivity contribution in [1.82, 2.24) is 15.1 Å². The lowest BCUT2D eigenvalue weighted by atomic mass is 10.1. The molecule has 1 rings (SSSR count). The van der Waals surface area contributed by atoms with Crippen LogP contribution in [0.5, 0.6) is 0 Å². The van der Waals surface area contributed by atoms with Gasteiger partial charge in [-0.2, -0.15) is 0 Å². The van der Waals surface area contributed by atoms with Crippen LogP contribution in [0.1, 0.15) is 104 Å². The molecule has 1 fully saturated rings. The van der Waals surface area contributed by atoms with E-state index in [4.69, 9.17) is 0 Å². The highest BCUT2D eigenvalue weighted by molar-refractivity contribution is 5.76. The standard InChI is InChI=1S/C24H47N3O2/c1-3-5-7-9-11-13-15-23(28)25-17-18-26-19-21-27(22-20-26)24(29)16-14-12-10-8-6-4-2/h3-22H2,1-2H3,(H,25,28). The summed E-state index contributed by atoms with van der Waals surface area (Å²) in [5.74, 6) is 0.514. The van der Waals surface area contributed by atoms with Crippen LogP contribution in [0.15, 0.2) is 0 Å². The summed E-state index contributed by atoms with van der Waals surface area (Å²) in [6.45, 7) is 9.59. The van der Waals surface area contributed by atoms with Crippen molar-refractivity contribution in [2.45, 2.75) is 104 Å². The molecule has 1 heterocycles. The van der Waals surface area contributed by atoms with Gasteiger partial charge in [0.2, 0.25) is 11.8 Å². The van der Waals surface area contributed by atoms with E-state index in [1.807, 2.05) is 4.90 Å². The molecule has 1 N–H and O–H groups in total. The van der Waals surface area contributed by atoms with Gasteiger partial charge in [0.1, 0.15) is 0 Å². The van der Waals surface area contributed by atoms with Gasteiger partial charge in [-0.3, -0.25) is 14.5 Å². The third kappa shape index (κ3) is 13.7. The zero-order valence-corrected chi connectivity index (χ0v) is 19.4. The van der Waals surface area contributed by atoms with Crippen molar-refractivity contribution in [3.8, 4) is 0 Å². The minimum absolute atomic E-state index is 0.188. The maximum absolute atomic E-state index is 12.3. The SMILES string of the molecule is CCCCCCCCC(=O)NCCN1CCN(C(=O)CCCCCCCC)CC1. The Morgan fingerprint density at radius 2 is 1.21 bits per heavy atom. The first-order valence-electron chi connectivity index (χ1n) is 12.4. The summed E-state index contributed by atoms with van der Waals surface area (Å²) < 4.78 is 0. The third-order valence-corrected chi connectivity index (χ3v) is 5.98. The fourth-order valence-corrected chi connectivity index (χ4v) is 3.94. The first-order valence-corrected chi connectivity index (χ1v) is 12.4. The molecule has 1 aliphatic rings. The molecule has 0 atom stereocenters. The number of rotatable bonds is 17. The Hall–Kier alpha value is -1.10. The highest BCUT2D eigenvalue weighted by atomic mass is 16.2. The molecular formula is C24H47N3O2. The van der Waals surface area contributed by atoms with Gasteiger partial charge in [0.15, 0.2) is 0 Å². The molecule has 0 aromatic heterocycles. The average Bonchev–Trinajstić information content (AvgIpc) is 2.73. The Labute approximate surface area is 180 Å². The number of hydrogen-bond acceptors (Lipinski definition) is 3. The molecule has 0 spiro atoms. The molecule has 1 saturated heterocycles. The van der Waals surface area contributed by atoms with Gasteiger partial charge in [0.05, 0.1) is 0 Å². The van der Waals surface area contributed by atoms with Crippen molar-refractivity contribution in [1.29, 1.82) is 0 Å². The molecule has 0 aliphatic carbocycles. The zero-order valence-electron chi connectivity index (χ0n) is 19.4. The fourth-order valence-electron chi connectivity index (χ4n) is 3.94. The maximum atomic E-state index is 12.3. The van der Waals surface area contributed by atoms with Crippen LogP contribution in [0.2, 0.25) is 0 Å². The highest BCUT2D eigenvalue weighted by Gasteiger charge is 2.20. The number of amides is 2. The molecular weight excluding hydrogens is 362 g/mol. The van der Waals surface area contributed by atoms with Crippen LogP contribution in [0.25, 0.3) is 0 Å². The number of nitrogens with zero attached hydrogens (tertiary/aromatic N) is 2. The lowest BCUT2D eigenvalue weighted by Crippen LogP contribution is -2.50. The Kier molecular flexibility index (Phi) is 15.9. The number of nitrogens with one attached hydrogen (secondary N) is 1. The normalized spacial score (nSPS) is 14.9. The van der Waals surface area contributed by atoms with E-state index in [9.17, 15) is 9.59 Å². The van der Waals surface area contributed by atoms with E-state index >= 15 is 0 Å². The van der Waals surface area contributed by atoms with E-state index in [-0.39, 0.29) is 5.91 Å². The van der Waals surface area contributed by atoms with Crippen LogP contribution in [0.4, 0.5) is 0 Å². The molecule has 5 nitrogen and oxygen atoms in total. The molecule has 0 aromatic carbocycles. The second-order valence-electron chi connectivity index (χ2n) is 8.61. The van der Waals surface area contributed by atoms with Crippen molar-refractivity contribution in [2.75, 3.05) is 39.3 Å². The van der Waals surface area contributed by atoms with Crippen molar-refractivity contribution in [3.05, 3.63) is 0 Å². The minimum Gasteiger partial charge on any atom is -0.355 e. The van der Waals surface area contributed by atoms with Crippen molar-refractivity contribution >= 4 is 11.8 Å². The number of piperazine rings is 1.